The lowest BCUT2D eigenvalue weighted by Gasteiger charge is -2.44. The van der Waals surface area contributed by atoms with Crippen LogP contribution < -0.4 is 0 Å². The summed E-state index contributed by atoms with van der Waals surface area (Å²) in [5, 5.41) is 20.1. The van der Waals surface area contributed by atoms with Crippen LogP contribution in [-0.4, -0.2) is 35.1 Å². The maximum Gasteiger partial charge on any atom is 0.0811 e. The molecule has 0 aliphatic heterocycles. The van der Waals surface area contributed by atoms with E-state index in [-0.39, 0.29) is 0 Å². The van der Waals surface area contributed by atoms with Gasteiger partial charge in [-0.3, -0.25) is 0 Å². The normalized spacial score (nSPS) is 39.3. The summed E-state index contributed by atoms with van der Waals surface area (Å²) in [5.74, 6) is 1.95. The van der Waals surface area contributed by atoms with Crippen molar-refractivity contribution in [1.82, 2.24) is 0 Å². The van der Waals surface area contributed by atoms with Gasteiger partial charge in [-0.2, -0.15) is 0 Å². The van der Waals surface area contributed by atoms with E-state index in [1.165, 1.54) is 25.7 Å². The summed E-state index contributed by atoms with van der Waals surface area (Å²) in [5.41, 5.74) is 3.66. The van der Waals surface area contributed by atoms with Gasteiger partial charge in [0.1, 0.15) is 0 Å². The van der Waals surface area contributed by atoms with Gasteiger partial charge >= 0.3 is 0 Å². The number of aliphatic hydroxyl groups excluding tert-OH is 2. The van der Waals surface area contributed by atoms with Crippen LogP contribution in [-0.2, 0) is 4.74 Å². The highest BCUT2D eigenvalue weighted by Crippen LogP contribution is 2.58. The van der Waals surface area contributed by atoms with E-state index in [1.807, 2.05) is 0 Å². The second-order valence-corrected chi connectivity index (χ2v) is 10.4. The Kier molecular flexibility index (Phi) is 7.46. The molecule has 1 unspecified atom stereocenters. The Balaban J connectivity index is 1.71. The average Bonchev–Trinajstić information content (AvgIpc) is 3.00. The third-order valence-electron chi connectivity index (χ3n) is 7.94. The van der Waals surface area contributed by atoms with Crippen LogP contribution in [0.25, 0.3) is 0 Å². The van der Waals surface area contributed by atoms with Gasteiger partial charge in [-0.15, -0.1) is 0 Å². The topological polar surface area (TPSA) is 49.7 Å². The number of ether oxygens (including phenoxy) is 1. The summed E-state index contributed by atoms with van der Waals surface area (Å²) in [6.45, 7) is 14.2. The minimum Gasteiger partial charge on any atom is -0.393 e. The quantitative estimate of drug-likeness (QED) is 0.610. The van der Waals surface area contributed by atoms with Crippen LogP contribution in [0.15, 0.2) is 35.5 Å². The number of hydrogen-bond donors (Lipinski definition) is 2. The largest absolute Gasteiger partial charge is 0.393 e. The second-order valence-electron chi connectivity index (χ2n) is 10.4. The molecular weight excluding hydrogens is 360 g/mol. The van der Waals surface area contributed by atoms with Gasteiger partial charge in [0.25, 0.3) is 0 Å². The highest BCUT2D eigenvalue weighted by atomic mass is 16.5. The standard InChI is InChI=1S/C26H42O3/c1-17(2)12-14-29-19(4)23-10-11-24-20(7-6-13-26(23,24)5)8-9-21-15-22(27)16-25(28)18(21)3/h8-9,17,19,22-25,27-28H,3,6-7,10-16H2,1-2,4-5H3/b20-8+,21-9+/t19-,22+,23?,24-,25-,26+/m0/s1. The van der Waals surface area contributed by atoms with Crippen molar-refractivity contribution in [2.45, 2.75) is 97.4 Å². The molecule has 3 rings (SSSR count). The van der Waals surface area contributed by atoms with E-state index >= 15 is 0 Å². The number of aliphatic hydroxyl groups is 2. The molecule has 0 aromatic carbocycles. The van der Waals surface area contributed by atoms with E-state index < -0.39 is 12.2 Å². The Labute approximate surface area is 177 Å². The molecule has 0 heterocycles. The molecule has 6 atom stereocenters. The number of fused-ring (bicyclic) bond motifs is 1. The molecule has 0 aromatic rings. The average molecular weight is 403 g/mol. The van der Waals surface area contributed by atoms with Gasteiger partial charge in [0.2, 0.25) is 0 Å². The first-order chi connectivity index (χ1) is 13.7. The molecule has 29 heavy (non-hydrogen) atoms. The van der Waals surface area contributed by atoms with Crippen molar-refractivity contribution in [3.8, 4) is 0 Å². The number of hydrogen-bond acceptors (Lipinski definition) is 3. The predicted octanol–water partition coefficient (Wildman–Crippen LogP) is 5.58. The molecule has 0 bridgehead atoms. The minimum absolute atomic E-state index is 0.322. The van der Waals surface area contributed by atoms with Crippen molar-refractivity contribution in [1.29, 1.82) is 0 Å². The van der Waals surface area contributed by atoms with Gasteiger partial charge in [0.05, 0.1) is 18.3 Å². The first-order valence-electron chi connectivity index (χ1n) is 11.8. The minimum atomic E-state index is -0.611. The summed E-state index contributed by atoms with van der Waals surface area (Å²) >= 11 is 0. The molecular formula is C26H42O3. The van der Waals surface area contributed by atoms with Crippen molar-refractivity contribution in [2.75, 3.05) is 6.61 Å². The van der Waals surface area contributed by atoms with Crippen molar-refractivity contribution >= 4 is 0 Å². The maximum atomic E-state index is 10.1. The Morgan fingerprint density at radius 1 is 1.21 bits per heavy atom. The van der Waals surface area contributed by atoms with E-state index in [9.17, 15) is 10.2 Å². The first kappa shape index (κ1) is 22.8. The molecule has 0 amide bonds. The van der Waals surface area contributed by atoms with Gasteiger partial charge in [-0.05, 0) is 86.2 Å². The van der Waals surface area contributed by atoms with Crippen LogP contribution >= 0.6 is 0 Å². The summed E-state index contributed by atoms with van der Waals surface area (Å²) in [7, 11) is 0. The lowest BCUT2D eigenvalue weighted by Crippen LogP contribution is -2.38. The van der Waals surface area contributed by atoms with Crippen LogP contribution in [0.2, 0.25) is 0 Å². The Morgan fingerprint density at radius 3 is 2.69 bits per heavy atom. The molecule has 3 nitrogen and oxygen atoms in total. The molecule has 3 aliphatic carbocycles. The highest BCUT2D eigenvalue weighted by molar-refractivity contribution is 5.38. The predicted molar refractivity (Wildman–Crippen MR) is 120 cm³/mol. The van der Waals surface area contributed by atoms with E-state index in [4.69, 9.17) is 4.74 Å². The molecule has 3 saturated carbocycles. The Hall–Kier alpha value is -0.900. The van der Waals surface area contributed by atoms with Crippen molar-refractivity contribution in [3.63, 3.8) is 0 Å². The van der Waals surface area contributed by atoms with Gasteiger partial charge in [-0.1, -0.05) is 45.1 Å². The van der Waals surface area contributed by atoms with Crippen LogP contribution in [0.1, 0.15) is 79.1 Å². The third kappa shape index (κ3) is 5.06. The maximum absolute atomic E-state index is 10.1. The molecule has 0 spiro atoms. The van der Waals surface area contributed by atoms with E-state index in [2.05, 4.69) is 46.4 Å². The molecule has 164 valence electrons. The fourth-order valence-electron chi connectivity index (χ4n) is 6.12. The molecule has 0 radical (unpaired) electrons. The first-order valence-corrected chi connectivity index (χ1v) is 11.8. The Morgan fingerprint density at radius 2 is 1.97 bits per heavy atom. The van der Waals surface area contributed by atoms with Crippen molar-refractivity contribution in [2.24, 2.45) is 23.2 Å². The summed E-state index contributed by atoms with van der Waals surface area (Å²) in [6.07, 6.45) is 12.0. The van der Waals surface area contributed by atoms with Crippen molar-refractivity contribution in [3.05, 3.63) is 35.5 Å². The van der Waals surface area contributed by atoms with E-state index in [1.54, 1.807) is 5.57 Å². The monoisotopic (exact) mass is 402 g/mol. The molecule has 3 heteroatoms. The van der Waals surface area contributed by atoms with Crippen LogP contribution in [0.4, 0.5) is 0 Å². The Bertz CT molecular complexity index is 646. The van der Waals surface area contributed by atoms with Gasteiger partial charge in [0.15, 0.2) is 0 Å². The smallest absolute Gasteiger partial charge is 0.0811 e. The SMILES string of the molecule is C=C1/C(=C/C=C2\CCC[C@]3(C)C([C@H](C)OCCC(C)C)CC[C@@H]23)C[C@@H](O)C[C@@H]1O. The van der Waals surface area contributed by atoms with Crippen LogP contribution in [0.3, 0.4) is 0 Å². The lowest BCUT2D eigenvalue weighted by molar-refractivity contribution is -0.0279. The fraction of sp³-hybridized carbons (Fsp3) is 0.769. The van der Waals surface area contributed by atoms with Gasteiger partial charge < -0.3 is 14.9 Å². The highest BCUT2D eigenvalue weighted by Gasteiger charge is 2.51. The van der Waals surface area contributed by atoms with Crippen LogP contribution in [0.5, 0.6) is 0 Å². The summed E-state index contributed by atoms with van der Waals surface area (Å²) in [4.78, 5) is 0. The third-order valence-corrected chi connectivity index (χ3v) is 7.94. The van der Waals surface area contributed by atoms with Gasteiger partial charge in [-0.25, -0.2) is 0 Å². The number of rotatable bonds is 6. The fourth-order valence-corrected chi connectivity index (χ4v) is 6.12. The lowest BCUT2D eigenvalue weighted by atomic mass is 9.62. The molecule has 3 aliphatic rings. The van der Waals surface area contributed by atoms with Gasteiger partial charge in [0, 0.05) is 13.0 Å². The molecule has 0 saturated heterocycles. The van der Waals surface area contributed by atoms with Crippen molar-refractivity contribution < 1.29 is 14.9 Å². The summed E-state index contributed by atoms with van der Waals surface area (Å²) in [6, 6.07) is 0. The number of allylic oxidation sites excluding steroid dienone is 3. The second kappa shape index (κ2) is 9.49. The molecule has 2 N–H and O–H groups in total. The zero-order chi connectivity index (χ0) is 21.2. The summed E-state index contributed by atoms with van der Waals surface area (Å²) < 4.78 is 6.28. The van der Waals surface area contributed by atoms with E-state index in [0.717, 1.165) is 30.6 Å². The molecule has 3 fully saturated rings. The van der Waals surface area contributed by atoms with Crippen LogP contribution in [0, 0.1) is 23.2 Å². The van der Waals surface area contributed by atoms with E-state index in [0.29, 0.717) is 42.1 Å². The molecule has 0 aromatic heterocycles. The zero-order valence-electron chi connectivity index (χ0n) is 19.0. The zero-order valence-corrected chi connectivity index (χ0v) is 19.0.